The van der Waals surface area contributed by atoms with E-state index in [0.717, 1.165) is 0 Å². The molecule has 0 aliphatic carbocycles. The van der Waals surface area contributed by atoms with Crippen molar-refractivity contribution in [2.45, 2.75) is 13.8 Å². The molecule has 74 valence electrons. The Kier molecular flexibility index (Phi) is 2.96. The van der Waals surface area contributed by atoms with E-state index in [9.17, 15) is 14.5 Å². The van der Waals surface area contributed by atoms with E-state index in [1.54, 1.807) is 13.8 Å². The molecule has 0 saturated heterocycles. The van der Waals surface area contributed by atoms with Crippen LogP contribution < -0.4 is 0 Å². The number of non-ortho nitro benzene ring substituents is 1. The maximum absolute atomic E-state index is 13.3. The van der Waals surface area contributed by atoms with Gasteiger partial charge in [0.1, 0.15) is 5.83 Å². The highest BCUT2D eigenvalue weighted by atomic mass is 19.1. The molecule has 1 aromatic rings. The van der Waals surface area contributed by atoms with Gasteiger partial charge in [-0.15, -0.1) is 0 Å². The minimum atomic E-state index is -0.510. The monoisotopic (exact) mass is 195 g/mol. The first-order valence-electron chi connectivity index (χ1n) is 4.10. The Morgan fingerprint density at radius 3 is 2.14 bits per heavy atom. The topological polar surface area (TPSA) is 43.1 Å². The number of nitro groups is 1. The lowest BCUT2D eigenvalue weighted by atomic mass is 10.1. The van der Waals surface area contributed by atoms with Crippen LogP contribution >= 0.6 is 0 Å². The predicted molar refractivity (Wildman–Crippen MR) is 52.5 cm³/mol. The van der Waals surface area contributed by atoms with E-state index in [0.29, 0.717) is 11.1 Å². The van der Waals surface area contributed by atoms with Gasteiger partial charge >= 0.3 is 0 Å². The van der Waals surface area contributed by atoms with Crippen molar-refractivity contribution in [1.29, 1.82) is 0 Å². The molecular formula is C10H10FNO2. The third kappa shape index (κ3) is 2.16. The van der Waals surface area contributed by atoms with Crippen LogP contribution in [0.3, 0.4) is 0 Å². The molecule has 0 radical (unpaired) electrons. The van der Waals surface area contributed by atoms with Gasteiger partial charge in [0.15, 0.2) is 0 Å². The normalized spacial score (nSPS) is 9.64. The number of rotatable bonds is 2. The zero-order chi connectivity index (χ0) is 10.7. The average molecular weight is 195 g/mol. The van der Waals surface area contributed by atoms with Gasteiger partial charge in [0.05, 0.1) is 4.92 Å². The molecule has 0 bridgehead atoms. The Morgan fingerprint density at radius 2 is 1.79 bits per heavy atom. The van der Waals surface area contributed by atoms with Crippen LogP contribution in [0.15, 0.2) is 29.8 Å². The quantitative estimate of drug-likeness (QED) is 0.536. The summed E-state index contributed by atoms with van der Waals surface area (Å²) in [5.41, 5.74) is 0.893. The summed E-state index contributed by atoms with van der Waals surface area (Å²) >= 11 is 0. The van der Waals surface area contributed by atoms with E-state index in [1.165, 1.54) is 24.3 Å². The summed E-state index contributed by atoms with van der Waals surface area (Å²) in [5.74, 6) is -0.333. The Morgan fingerprint density at radius 1 is 1.29 bits per heavy atom. The molecule has 0 unspecified atom stereocenters. The summed E-state index contributed by atoms with van der Waals surface area (Å²) < 4.78 is 13.3. The highest BCUT2D eigenvalue weighted by Gasteiger charge is 2.06. The molecule has 4 heteroatoms. The van der Waals surface area contributed by atoms with E-state index >= 15 is 0 Å². The highest BCUT2D eigenvalue weighted by molar-refractivity contribution is 5.62. The van der Waals surface area contributed by atoms with E-state index in [-0.39, 0.29) is 11.5 Å². The third-order valence-electron chi connectivity index (χ3n) is 1.77. The van der Waals surface area contributed by atoms with Crippen molar-refractivity contribution in [3.63, 3.8) is 0 Å². The zero-order valence-corrected chi connectivity index (χ0v) is 7.95. The van der Waals surface area contributed by atoms with Gasteiger partial charge in [0.2, 0.25) is 0 Å². The molecule has 0 amide bonds. The Labute approximate surface area is 81.0 Å². The minimum absolute atomic E-state index is 0.0321. The van der Waals surface area contributed by atoms with Gasteiger partial charge in [0.25, 0.3) is 5.69 Å². The molecule has 1 aromatic carbocycles. The van der Waals surface area contributed by atoms with E-state index in [1.807, 2.05) is 0 Å². The molecule has 0 aromatic heterocycles. The number of hydrogen-bond donors (Lipinski definition) is 0. The van der Waals surface area contributed by atoms with Crippen molar-refractivity contribution >= 4 is 11.5 Å². The van der Waals surface area contributed by atoms with Crippen molar-refractivity contribution in [3.8, 4) is 0 Å². The van der Waals surface area contributed by atoms with Crippen LogP contribution in [0.5, 0.6) is 0 Å². The Bertz CT molecular complexity index is 378. The van der Waals surface area contributed by atoms with Gasteiger partial charge in [-0.1, -0.05) is 0 Å². The van der Waals surface area contributed by atoms with Crippen LogP contribution in [0.2, 0.25) is 0 Å². The van der Waals surface area contributed by atoms with Crippen molar-refractivity contribution in [2.24, 2.45) is 0 Å². The van der Waals surface area contributed by atoms with Crippen molar-refractivity contribution in [1.82, 2.24) is 0 Å². The van der Waals surface area contributed by atoms with Gasteiger partial charge in [-0.3, -0.25) is 10.1 Å². The summed E-state index contributed by atoms with van der Waals surface area (Å²) in [6.07, 6.45) is 0. The fraction of sp³-hybridized carbons (Fsp3) is 0.200. The number of halogens is 1. The molecule has 0 N–H and O–H groups in total. The molecule has 0 saturated carbocycles. The second-order valence-electron chi connectivity index (χ2n) is 3.12. The molecule has 14 heavy (non-hydrogen) atoms. The standard InChI is InChI=1S/C10H10FNO2/c1-7(2)10(11)8-3-5-9(6-4-8)12(13)14/h3-6H,1-2H3. The van der Waals surface area contributed by atoms with Crippen LogP contribution in [0.25, 0.3) is 5.83 Å². The maximum atomic E-state index is 13.3. The van der Waals surface area contributed by atoms with Gasteiger partial charge in [0, 0.05) is 17.7 Å². The van der Waals surface area contributed by atoms with Crippen molar-refractivity contribution < 1.29 is 9.31 Å². The molecule has 1 rings (SSSR count). The van der Waals surface area contributed by atoms with Crippen LogP contribution in [-0.4, -0.2) is 4.92 Å². The van der Waals surface area contributed by atoms with Crippen LogP contribution in [0, 0.1) is 10.1 Å². The smallest absolute Gasteiger partial charge is 0.258 e. The van der Waals surface area contributed by atoms with Crippen molar-refractivity contribution in [3.05, 3.63) is 45.5 Å². The Hall–Kier alpha value is -1.71. The summed E-state index contributed by atoms with van der Waals surface area (Å²) in [4.78, 5) is 9.81. The van der Waals surface area contributed by atoms with Gasteiger partial charge in [-0.2, -0.15) is 0 Å². The molecule has 0 spiro atoms. The molecule has 0 aliphatic rings. The second-order valence-corrected chi connectivity index (χ2v) is 3.12. The highest BCUT2D eigenvalue weighted by Crippen LogP contribution is 2.22. The van der Waals surface area contributed by atoms with Crippen LogP contribution in [-0.2, 0) is 0 Å². The summed E-state index contributed by atoms with van der Waals surface area (Å²) in [6.45, 7) is 3.30. The number of nitrogens with zero attached hydrogens (tertiary/aromatic N) is 1. The summed E-state index contributed by atoms with van der Waals surface area (Å²) in [5, 5.41) is 10.3. The fourth-order valence-electron chi connectivity index (χ4n) is 1.02. The first kappa shape index (κ1) is 10.4. The van der Waals surface area contributed by atoms with Gasteiger partial charge in [-0.05, 0) is 31.6 Å². The van der Waals surface area contributed by atoms with E-state index in [2.05, 4.69) is 0 Å². The largest absolute Gasteiger partial charge is 0.269 e. The summed E-state index contributed by atoms with van der Waals surface area (Å²) in [6, 6.07) is 5.39. The lowest BCUT2D eigenvalue weighted by Gasteiger charge is -1.99. The zero-order valence-electron chi connectivity index (χ0n) is 7.95. The van der Waals surface area contributed by atoms with E-state index < -0.39 is 4.92 Å². The first-order chi connectivity index (χ1) is 6.52. The average Bonchev–Trinajstić information content (AvgIpc) is 2.16. The number of benzene rings is 1. The first-order valence-corrected chi connectivity index (χ1v) is 4.10. The fourth-order valence-corrected chi connectivity index (χ4v) is 1.02. The lowest BCUT2D eigenvalue weighted by Crippen LogP contribution is -1.88. The summed E-state index contributed by atoms with van der Waals surface area (Å²) in [7, 11) is 0. The third-order valence-corrected chi connectivity index (χ3v) is 1.77. The van der Waals surface area contributed by atoms with Crippen LogP contribution in [0.1, 0.15) is 19.4 Å². The number of allylic oxidation sites excluding steroid dienone is 1. The molecule has 0 atom stereocenters. The minimum Gasteiger partial charge on any atom is -0.258 e. The van der Waals surface area contributed by atoms with E-state index in [4.69, 9.17) is 0 Å². The van der Waals surface area contributed by atoms with Crippen LogP contribution in [0.4, 0.5) is 10.1 Å². The van der Waals surface area contributed by atoms with Gasteiger partial charge < -0.3 is 0 Å². The molecule has 0 heterocycles. The lowest BCUT2D eigenvalue weighted by molar-refractivity contribution is -0.384. The second kappa shape index (κ2) is 4.00. The molecule has 3 nitrogen and oxygen atoms in total. The Balaban J connectivity index is 3.06. The predicted octanol–water partition coefficient (Wildman–Crippen LogP) is 3.32. The number of hydrogen-bond acceptors (Lipinski definition) is 2. The van der Waals surface area contributed by atoms with Crippen molar-refractivity contribution in [2.75, 3.05) is 0 Å². The maximum Gasteiger partial charge on any atom is 0.269 e. The van der Waals surface area contributed by atoms with Gasteiger partial charge in [-0.25, -0.2) is 4.39 Å². The molecule has 0 fully saturated rings. The number of nitro benzene ring substituents is 1. The molecule has 0 aliphatic heterocycles. The SMILES string of the molecule is CC(C)=C(F)c1ccc([N+](=O)[O-])cc1. The molecular weight excluding hydrogens is 185 g/mol.